The van der Waals surface area contributed by atoms with Gasteiger partial charge < -0.3 is 10.1 Å². The third-order valence-corrected chi connectivity index (χ3v) is 4.52. The highest BCUT2D eigenvalue weighted by Gasteiger charge is 2.12. The Balaban J connectivity index is 1.68. The Hall–Kier alpha value is -0.670. The number of hydrogen-bond donors (Lipinski definition) is 1. The van der Waals surface area contributed by atoms with E-state index < -0.39 is 0 Å². The molecule has 0 aromatic heterocycles. The molecule has 0 radical (unpaired) electrons. The van der Waals surface area contributed by atoms with Crippen molar-refractivity contribution >= 4 is 11.8 Å². The maximum absolute atomic E-state index is 5.35. The van der Waals surface area contributed by atoms with Crippen molar-refractivity contribution in [1.29, 1.82) is 0 Å². The minimum atomic E-state index is 0.761. The highest BCUT2D eigenvalue weighted by Crippen LogP contribution is 2.28. The number of rotatable bonds is 6. The number of hydrogen-bond acceptors (Lipinski definition) is 3. The summed E-state index contributed by atoms with van der Waals surface area (Å²) >= 11 is 1.87. The van der Waals surface area contributed by atoms with Crippen molar-refractivity contribution in [3.63, 3.8) is 0 Å². The quantitative estimate of drug-likeness (QED) is 0.626. The van der Waals surface area contributed by atoms with Crippen LogP contribution in [0.15, 0.2) is 29.2 Å². The van der Waals surface area contributed by atoms with Crippen LogP contribution in [0.5, 0.6) is 5.75 Å². The number of para-hydroxylation sites is 1. The Bertz CT molecular complexity index is 350. The van der Waals surface area contributed by atoms with Crippen LogP contribution in [0.2, 0.25) is 0 Å². The molecule has 0 saturated heterocycles. The Labute approximate surface area is 114 Å². The topological polar surface area (TPSA) is 21.3 Å². The summed E-state index contributed by atoms with van der Waals surface area (Å²) in [4.78, 5) is 1.24. The zero-order valence-electron chi connectivity index (χ0n) is 11.2. The van der Waals surface area contributed by atoms with Crippen LogP contribution >= 0.6 is 11.8 Å². The normalized spacial score (nSPS) is 16.7. The highest BCUT2D eigenvalue weighted by atomic mass is 32.2. The van der Waals surface area contributed by atoms with Gasteiger partial charge in [0.15, 0.2) is 0 Å². The Morgan fingerprint density at radius 1 is 1.22 bits per heavy atom. The summed E-state index contributed by atoms with van der Waals surface area (Å²) in [6.07, 6.45) is 6.95. The number of methoxy groups -OCH3 is 1. The molecule has 0 atom stereocenters. The van der Waals surface area contributed by atoms with E-state index in [1.165, 1.54) is 37.0 Å². The second-order valence-electron chi connectivity index (χ2n) is 4.79. The Kier molecular flexibility index (Phi) is 5.88. The van der Waals surface area contributed by atoms with Gasteiger partial charge in [-0.1, -0.05) is 31.4 Å². The summed E-state index contributed by atoms with van der Waals surface area (Å²) in [5, 5.41) is 3.67. The molecule has 0 bridgehead atoms. The molecule has 1 N–H and O–H groups in total. The summed E-state index contributed by atoms with van der Waals surface area (Å²) in [7, 11) is 1.74. The lowest BCUT2D eigenvalue weighted by Gasteiger charge is -2.22. The van der Waals surface area contributed by atoms with Gasteiger partial charge in [0, 0.05) is 23.2 Å². The molecule has 1 aliphatic carbocycles. The van der Waals surface area contributed by atoms with E-state index >= 15 is 0 Å². The van der Waals surface area contributed by atoms with Gasteiger partial charge in [-0.2, -0.15) is 0 Å². The standard InChI is InChI=1S/C15H23NOS/c1-17-14-9-5-6-10-15(14)18-12-11-16-13-7-3-2-4-8-13/h5-6,9-10,13,16H,2-4,7-8,11-12H2,1H3. The third-order valence-electron chi connectivity index (χ3n) is 3.47. The molecule has 1 saturated carbocycles. The van der Waals surface area contributed by atoms with Crippen LogP contribution in [0.3, 0.4) is 0 Å². The zero-order chi connectivity index (χ0) is 12.6. The lowest BCUT2D eigenvalue weighted by atomic mass is 9.96. The fourth-order valence-electron chi connectivity index (χ4n) is 2.47. The maximum atomic E-state index is 5.35. The summed E-state index contributed by atoms with van der Waals surface area (Å²) in [6.45, 7) is 1.09. The molecule has 0 heterocycles. The lowest BCUT2D eigenvalue weighted by molar-refractivity contribution is 0.381. The van der Waals surface area contributed by atoms with E-state index in [0.717, 1.165) is 24.1 Å². The summed E-state index contributed by atoms with van der Waals surface area (Å²) < 4.78 is 5.35. The molecule has 0 aliphatic heterocycles. The summed E-state index contributed by atoms with van der Waals surface area (Å²) in [5.41, 5.74) is 0. The molecular weight excluding hydrogens is 242 g/mol. The van der Waals surface area contributed by atoms with Gasteiger partial charge in [0.1, 0.15) is 5.75 Å². The first kappa shape index (κ1) is 13.8. The first-order valence-corrected chi connectivity index (χ1v) is 7.88. The van der Waals surface area contributed by atoms with Crippen molar-refractivity contribution in [2.75, 3.05) is 19.4 Å². The number of ether oxygens (including phenoxy) is 1. The number of thioether (sulfide) groups is 1. The molecule has 100 valence electrons. The van der Waals surface area contributed by atoms with Crippen molar-refractivity contribution in [2.24, 2.45) is 0 Å². The van der Waals surface area contributed by atoms with Crippen LogP contribution in [-0.4, -0.2) is 25.4 Å². The van der Waals surface area contributed by atoms with Crippen molar-refractivity contribution in [3.8, 4) is 5.75 Å². The van der Waals surface area contributed by atoms with Crippen LogP contribution < -0.4 is 10.1 Å². The molecule has 0 spiro atoms. The average Bonchev–Trinajstić information content (AvgIpc) is 2.45. The van der Waals surface area contributed by atoms with E-state index in [-0.39, 0.29) is 0 Å². The summed E-state index contributed by atoms with van der Waals surface area (Å²) in [5.74, 6) is 2.09. The fourth-order valence-corrected chi connectivity index (χ4v) is 3.38. The number of benzene rings is 1. The maximum Gasteiger partial charge on any atom is 0.132 e. The van der Waals surface area contributed by atoms with Crippen molar-refractivity contribution in [2.45, 2.75) is 43.0 Å². The van der Waals surface area contributed by atoms with Gasteiger partial charge in [-0.15, -0.1) is 11.8 Å². The van der Waals surface area contributed by atoms with Crippen LogP contribution in [0.25, 0.3) is 0 Å². The van der Waals surface area contributed by atoms with E-state index in [1.54, 1.807) is 7.11 Å². The molecule has 1 aliphatic rings. The molecular formula is C15H23NOS. The molecule has 1 fully saturated rings. The summed E-state index contributed by atoms with van der Waals surface area (Å²) in [6, 6.07) is 9.00. The van der Waals surface area contributed by atoms with Gasteiger partial charge in [0.2, 0.25) is 0 Å². The van der Waals surface area contributed by atoms with Crippen molar-refractivity contribution in [1.82, 2.24) is 5.32 Å². The van der Waals surface area contributed by atoms with Crippen LogP contribution in [0.4, 0.5) is 0 Å². The van der Waals surface area contributed by atoms with Crippen molar-refractivity contribution in [3.05, 3.63) is 24.3 Å². The van der Waals surface area contributed by atoms with Crippen LogP contribution in [0, 0.1) is 0 Å². The zero-order valence-corrected chi connectivity index (χ0v) is 12.0. The number of nitrogens with one attached hydrogen (secondary N) is 1. The molecule has 18 heavy (non-hydrogen) atoms. The van der Waals surface area contributed by atoms with E-state index in [0.29, 0.717) is 0 Å². The van der Waals surface area contributed by atoms with Crippen LogP contribution in [0.1, 0.15) is 32.1 Å². The van der Waals surface area contributed by atoms with E-state index in [9.17, 15) is 0 Å². The molecule has 0 amide bonds. The van der Waals surface area contributed by atoms with Gasteiger partial charge in [-0.05, 0) is 25.0 Å². The van der Waals surface area contributed by atoms with E-state index in [2.05, 4.69) is 17.4 Å². The minimum absolute atomic E-state index is 0.761. The Morgan fingerprint density at radius 2 is 2.00 bits per heavy atom. The third kappa shape index (κ3) is 4.21. The van der Waals surface area contributed by atoms with E-state index in [1.807, 2.05) is 23.9 Å². The average molecular weight is 265 g/mol. The van der Waals surface area contributed by atoms with Gasteiger partial charge in [-0.3, -0.25) is 0 Å². The second kappa shape index (κ2) is 7.70. The fraction of sp³-hybridized carbons (Fsp3) is 0.600. The lowest BCUT2D eigenvalue weighted by Crippen LogP contribution is -2.32. The van der Waals surface area contributed by atoms with Gasteiger partial charge in [0.05, 0.1) is 7.11 Å². The molecule has 1 aromatic rings. The Morgan fingerprint density at radius 3 is 2.78 bits per heavy atom. The molecule has 2 nitrogen and oxygen atoms in total. The SMILES string of the molecule is COc1ccccc1SCCNC1CCCCC1. The molecule has 0 unspecified atom stereocenters. The predicted octanol–water partition coefficient (Wildman–Crippen LogP) is 3.71. The van der Waals surface area contributed by atoms with Crippen LogP contribution in [-0.2, 0) is 0 Å². The monoisotopic (exact) mass is 265 g/mol. The highest BCUT2D eigenvalue weighted by molar-refractivity contribution is 7.99. The predicted molar refractivity (Wildman–Crippen MR) is 78.6 cm³/mol. The van der Waals surface area contributed by atoms with Crippen molar-refractivity contribution < 1.29 is 4.74 Å². The van der Waals surface area contributed by atoms with E-state index in [4.69, 9.17) is 4.74 Å². The smallest absolute Gasteiger partial charge is 0.132 e. The van der Waals surface area contributed by atoms with Gasteiger partial charge in [0.25, 0.3) is 0 Å². The van der Waals surface area contributed by atoms with Gasteiger partial charge >= 0.3 is 0 Å². The van der Waals surface area contributed by atoms with Gasteiger partial charge in [-0.25, -0.2) is 0 Å². The largest absolute Gasteiger partial charge is 0.496 e. The molecule has 1 aromatic carbocycles. The first-order valence-electron chi connectivity index (χ1n) is 6.89. The molecule has 2 rings (SSSR count). The minimum Gasteiger partial charge on any atom is -0.496 e. The second-order valence-corrected chi connectivity index (χ2v) is 5.93. The first-order chi connectivity index (χ1) is 8.90. The molecule has 3 heteroatoms.